The lowest BCUT2D eigenvalue weighted by Crippen LogP contribution is -2.25. The molecular weight excluding hydrogens is 499 g/mol. The van der Waals surface area contributed by atoms with E-state index in [0.717, 1.165) is 42.5 Å². The molecule has 29 heavy (non-hydrogen) atoms. The zero-order chi connectivity index (χ0) is 21.0. The number of aromatic nitrogens is 1. The predicted octanol–water partition coefficient (Wildman–Crippen LogP) is 5.22. The van der Waals surface area contributed by atoms with Crippen LogP contribution >= 0.6 is 34.2 Å². The van der Waals surface area contributed by atoms with E-state index >= 15 is 0 Å². The molecule has 0 aliphatic carbocycles. The van der Waals surface area contributed by atoms with Gasteiger partial charge in [-0.25, -0.2) is 5.43 Å². The fourth-order valence-electron chi connectivity index (χ4n) is 3.00. The summed E-state index contributed by atoms with van der Waals surface area (Å²) in [6.07, 6.45) is 1.66. The molecule has 1 amide bonds. The first-order chi connectivity index (χ1) is 13.8. The van der Waals surface area contributed by atoms with Gasteiger partial charge in [-0.05, 0) is 91.4 Å². The van der Waals surface area contributed by atoms with Gasteiger partial charge in [0.05, 0.1) is 12.8 Å². The minimum Gasteiger partial charge on any atom is -0.376 e. The van der Waals surface area contributed by atoms with Crippen LogP contribution in [0, 0.1) is 24.3 Å². The van der Waals surface area contributed by atoms with Crippen LogP contribution in [-0.4, -0.2) is 23.2 Å². The Morgan fingerprint density at radius 1 is 1.14 bits per heavy atom. The van der Waals surface area contributed by atoms with E-state index < -0.39 is 0 Å². The maximum Gasteiger partial charge on any atom is 0.259 e. The van der Waals surface area contributed by atoms with Crippen molar-refractivity contribution in [2.24, 2.45) is 5.10 Å². The molecule has 1 aromatic heterocycles. The van der Waals surface area contributed by atoms with Crippen molar-refractivity contribution in [2.45, 2.75) is 20.8 Å². The van der Waals surface area contributed by atoms with Gasteiger partial charge in [0.15, 0.2) is 0 Å². The third-order valence-electron chi connectivity index (χ3n) is 4.57. The van der Waals surface area contributed by atoms with Gasteiger partial charge in [0.2, 0.25) is 0 Å². The Balaban J connectivity index is 1.64. The summed E-state index contributed by atoms with van der Waals surface area (Å²) in [5, 5.41) is 7.91. The fourth-order valence-corrected chi connectivity index (χ4v) is 3.53. The van der Waals surface area contributed by atoms with E-state index in [0.29, 0.717) is 0 Å². The number of nitrogens with one attached hydrogen (secondary N) is 2. The lowest BCUT2D eigenvalue weighted by atomic mass is 10.2. The molecule has 3 aromatic rings. The molecule has 150 valence electrons. The Morgan fingerprint density at radius 3 is 2.55 bits per heavy atom. The van der Waals surface area contributed by atoms with Crippen LogP contribution in [0.2, 0.25) is 5.02 Å². The molecule has 5 nitrogen and oxygen atoms in total. The van der Waals surface area contributed by atoms with Crippen LogP contribution in [0.4, 0.5) is 5.69 Å². The molecule has 0 atom stereocenters. The second kappa shape index (κ2) is 9.45. The van der Waals surface area contributed by atoms with Crippen molar-refractivity contribution in [3.05, 3.63) is 79.6 Å². The maximum absolute atomic E-state index is 12.0. The topological polar surface area (TPSA) is 58.4 Å². The van der Waals surface area contributed by atoms with E-state index in [9.17, 15) is 4.79 Å². The van der Waals surface area contributed by atoms with Crippen molar-refractivity contribution in [2.75, 3.05) is 11.9 Å². The van der Waals surface area contributed by atoms with Gasteiger partial charge < -0.3 is 9.88 Å². The first kappa shape index (κ1) is 21.4. The second-order valence-electron chi connectivity index (χ2n) is 6.75. The smallest absolute Gasteiger partial charge is 0.259 e. The largest absolute Gasteiger partial charge is 0.376 e. The van der Waals surface area contributed by atoms with Crippen molar-refractivity contribution >= 4 is 52.0 Å². The lowest BCUT2D eigenvalue weighted by molar-refractivity contribution is -0.119. The van der Waals surface area contributed by atoms with E-state index in [4.69, 9.17) is 11.6 Å². The van der Waals surface area contributed by atoms with E-state index in [-0.39, 0.29) is 12.5 Å². The molecule has 0 aliphatic heterocycles. The van der Waals surface area contributed by atoms with E-state index in [1.165, 1.54) is 0 Å². The Morgan fingerprint density at radius 2 is 1.86 bits per heavy atom. The highest BCUT2D eigenvalue weighted by Crippen LogP contribution is 2.24. The van der Waals surface area contributed by atoms with Crippen LogP contribution < -0.4 is 10.7 Å². The average molecular weight is 521 g/mol. The number of nitrogens with zero attached hydrogens (tertiary/aromatic N) is 2. The van der Waals surface area contributed by atoms with Gasteiger partial charge in [-0.1, -0.05) is 17.7 Å². The van der Waals surface area contributed by atoms with Crippen molar-refractivity contribution in [3.8, 4) is 5.69 Å². The molecule has 0 saturated carbocycles. The summed E-state index contributed by atoms with van der Waals surface area (Å²) in [6, 6.07) is 15.9. The molecule has 0 fully saturated rings. The summed E-state index contributed by atoms with van der Waals surface area (Å²) in [6.45, 7) is 6.18. The third kappa shape index (κ3) is 5.39. The number of hydrogen-bond acceptors (Lipinski definition) is 3. The molecule has 2 N–H and O–H groups in total. The van der Waals surface area contributed by atoms with E-state index in [1.54, 1.807) is 6.21 Å². The maximum atomic E-state index is 12.0. The molecule has 0 saturated heterocycles. The van der Waals surface area contributed by atoms with Crippen molar-refractivity contribution in [3.63, 3.8) is 0 Å². The number of anilines is 1. The first-order valence-electron chi connectivity index (χ1n) is 9.12. The molecule has 0 unspecified atom stereocenters. The van der Waals surface area contributed by atoms with Crippen LogP contribution in [0.1, 0.15) is 22.5 Å². The number of aryl methyl sites for hydroxylation is 2. The molecule has 0 bridgehead atoms. The van der Waals surface area contributed by atoms with Crippen molar-refractivity contribution in [1.29, 1.82) is 0 Å². The average Bonchev–Trinajstić information content (AvgIpc) is 2.97. The zero-order valence-corrected chi connectivity index (χ0v) is 19.4. The first-order valence-corrected chi connectivity index (χ1v) is 10.6. The van der Waals surface area contributed by atoms with Gasteiger partial charge in [-0.15, -0.1) is 0 Å². The minimum absolute atomic E-state index is 0.152. The van der Waals surface area contributed by atoms with Crippen LogP contribution in [0.3, 0.4) is 0 Å². The number of carbonyl (C=O) groups excluding carboxylic acids is 1. The van der Waals surface area contributed by atoms with Gasteiger partial charge >= 0.3 is 0 Å². The SMILES string of the molecule is Cc1ccc(-n2c(C)cc(/C=N\NC(=O)CNc3ccc(I)cc3)c2C)cc1Cl. The second-order valence-corrected chi connectivity index (χ2v) is 8.40. The highest BCUT2D eigenvalue weighted by atomic mass is 127. The van der Waals surface area contributed by atoms with E-state index in [1.807, 2.05) is 69.3 Å². The number of carbonyl (C=O) groups is 1. The molecule has 0 aliphatic rings. The summed E-state index contributed by atoms with van der Waals surface area (Å²) in [5.41, 5.74) is 8.52. The standard InChI is InChI=1S/C22H22ClIN4O/c1-14-4-9-20(11-21(14)23)28-15(2)10-17(16(28)3)12-26-27-22(29)13-25-19-7-5-18(24)6-8-19/h4-12,25H,13H2,1-3H3,(H,27,29)/b26-12-. The van der Waals surface area contributed by atoms with Gasteiger partial charge in [0, 0.05) is 36.9 Å². The molecule has 7 heteroatoms. The Kier molecular flexibility index (Phi) is 6.97. The molecule has 0 spiro atoms. The highest BCUT2D eigenvalue weighted by Gasteiger charge is 2.10. The van der Waals surface area contributed by atoms with Crippen molar-refractivity contribution < 1.29 is 4.79 Å². The third-order valence-corrected chi connectivity index (χ3v) is 5.70. The van der Waals surface area contributed by atoms with Crippen LogP contribution in [0.25, 0.3) is 5.69 Å². The number of hydrogen-bond donors (Lipinski definition) is 2. The molecule has 2 aromatic carbocycles. The Bertz CT molecular complexity index is 1060. The van der Waals surface area contributed by atoms with E-state index in [2.05, 4.69) is 43.0 Å². The summed E-state index contributed by atoms with van der Waals surface area (Å²) in [5.74, 6) is -0.209. The number of amides is 1. The zero-order valence-electron chi connectivity index (χ0n) is 16.5. The number of benzene rings is 2. The van der Waals surface area contributed by atoms with Gasteiger partial charge in [0.25, 0.3) is 5.91 Å². The van der Waals surface area contributed by atoms with Gasteiger partial charge in [0.1, 0.15) is 0 Å². The minimum atomic E-state index is -0.209. The monoisotopic (exact) mass is 520 g/mol. The summed E-state index contributed by atoms with van der Waals surface area (Å²) in [4.78, 5) is 12.0. The number of halogens is 2. The molecule has 1 heterocycles. The normalized spacial score (nSPS) is 11.1. The number of hydrazone groups is 1. The van der Waals surface area contributed by atoms with Crippen LogP contribution in [0.5, 0.6) is 0 Å². The Hall–Kier alpha value is -2.32. The van der Waals surface area contributed by atoms with Gasteiger partial charge in [-0.3, -0.25) is 4.79 Å². The molecular formula is C22H22ClIN4O. The lowest BCUT2D eigenvalue weighted by Gasteiger charge is -2.11. The molecule has 3 rings (SSSR count). The van der Waals surface area contributed by atoms with Crippen LogP contribution in [-0.2, 0) is 4.79 Å². The quantitative estimate of drug-likeness (QED) is 0.266. The highest BCUT2D eigenvalue weighted by molar-refractivity contribution is 14.1. The number of rotatable bonds is 6. The van der Waals surface area contributed by atoms with Crippen molar-refractivity contribution in [1.82, 2.24) is 9.99 Å². The fraction of sp³-hybridized carbons (Fsp3) is 0.182. The van der Waals surface area contributed by atoms with Crippen LogP contribution in [0.15, 0.2) is 53.6 Å². The predicted molar refractivity (Wildman–Crippen MR) is 128 cm³/mol. The Labute approximate surface area is 189 Å². The summed E-state index contributed by atoms with van der Waals surface area (Å²) >= 11 is 8.52. The summed E-state index contributed by atoms with van der Waals surface area (Å²) < 4.78 is 3.26. The molecule has 0 radical (unpaired) electrons. The van der Waals surface area contributed by atoms with Gasteiger partial charge in [-0.2, -0.15) is 5.10 Å². The summed E-state index contributed by atoms with van der Waals surface area (Å²) in [7, 11) is 0.